The van der Waals surface area contributed by atoms with Gasteiger partial charge < -0.3 is 9.47 Å². The molecule has 1 N–H and O–H groups in total. The van der Waals surface area contributed by atoms with E-state index in [1.54, 1.807) is 38.1 Å². The van der Waals surface area contributed by atoms with E-state index in [1.807, 2.05) is 6.92 Å². The number of nitrogens with one attached hydrogen (secondary N) is 1. The van der Waals surface area contributed by atoms with Crippen molar-refractivity contribution in [3.8, 4) is 0 Å². The van der Waals surface area contributed by atoms with Crippen LogP contribution >= 0.6 is 0 Å². The Bertz CT molecular complexity index is 912. The Morgan fingerprint density at radius 2 is 1.88 bits per heavy atom. The first-order valence-electron chi connectivity index (χ1n) is 7.98. The molecule has 8 heteroatoms. The van der Waals surface area contributed by atoms with Crippen LogP contribution in [0.3, 0.4) is 0 Å². The monoisotopic (exact) mass is 378 g/mol. The van der Waals surface area contributed by atoms with Gasteiger partial charge in [-0.15, -0.1) is 0 Å². The second-order valence-electron chi connectivity index (χ2n) is 5.57. The standard InChI is InChI=1S/C18H22N2O5S/c1-5-25-18(21)17-12-15(10-11-24-4)20(14(17)3)19-26(22,23)16-8-6-13(2)7-9-16/h6-12,19H,5H2,1-4H3/b11-10+. The van der Waals surface area contributed by atoms with Crippen LogP contribution in [0.1, 0.15) is 34.2 Å². The number of esters is 1. The van der Waals surface area contributed by atoms with Crippen molar-refractivity contribution in [2.45, 2.75) is 25.7 Å². The highest BCUT2D eigenvalue weighted by molar-refractivity contribution is 7.92. The van der Waals surface area contributed by atoms with Crippen molar-refractivity contribution >= 4 is 22.1 Å². The van der Waals surface area contributed by atoms with E-state index < -0.39 is 16.0 Å². The van der Waals surface area contributed by atoms with Crippen molar-refractivity contribution < 1.29 is 22.7 Å². The first-order chi connectivity index (χ1) is 12.3. The highest BCUT2D eigenvalue weighted by Gasteiger charge is 2.21. The van der Waals surface area contributed by atoms with Crippen LogP contribution in [0.15, 0.2) is 41.5 Å². The minimum Gasteiger partial charge on any atom is -0.504 e. The Morgan fingerprint density at radius 3 is 2.46 bits per heavy atom. The molecule has 0 aliphatic rings. The van der Waals surface area contributed by atoms with Crippen molar-refractivity contribution in [1.82, 2.24) is 4.68 Å². The van der Waals surface area contributed by atoms with Crippen molar-refractivity contribution in [2.75, 3.05) is 18.5 Å². The van der Waals surface area contributed by atoms with Gasteiger partial charge in [0.2, 0.25) is 0 Å². The third kappa shape index (κ3) is 4.26. The quantitative estimate of drug-likeness (QED) is 0.591. The van der Waals surface area contributed by atoms with Gasteiger partial charge in [0, 0.05) is 0 Å². The summed E-state index contributed by atoms with van der Waals surface area (Å²) in [5, 5.41) is 0. The number of sulfonamides is 1. The molecule has 0 aliphatic heterocycles. The average molecular weight is 378 g/mol. The molecule has 0 saturated heterocycles. The molecule has 0 spiro atoms. The molecule has 0 amide bonds. The summed E-state index contributed by atoms with van der Waals surface area (Å²) in [6, 6.07) is 8.01. The van der Waals surface area contributed by atoms with Crippen molar-refractivity contribution in [1.29, 1.82) is 0 Å². The second-order valence-corrected chi connectivity index (χ2v) is 7.23. The average Bonchev–Trinajstić information content (AvgIpc) is 2.89. The maximum atomic E-state index is 12.7. The van der Waals surface area contributed by atoms with Gasteiger partial charge in [0.05, 0.1) is 41.8 Å². The van der Waals surface area contributed by atoms with Gasteiger partial charge in [-0.05, 0) is 45.0 Å². The van der Waals surface area contributed by atoms with E-state index in [-0.39, 0.29) is 17.1 Å². The van der Waals surface area contributed by atoms with Crippen LogP contribution in [0.2, 0.25) is 0 Å². The summed E-state index contributed by atoms with van der Waals surface area (Å²) in [5.74, 6) is -0.523. The lowest BCUT2D eigenvalue weighted by Gasteiger charge is -2.14. The minimum absolute atomic E-state index is 0.121. The smallest absolute Gasteiger partial charge is 0.340 e. The molecule has 140 valence electrons. The fraction of sp³-hybridized carbons (Fsp3) is 0.278. The lowest BCUT2D eigenvalue weighted by atomic mass is 10.2. The fourth-order valence-electron chi connectivity index (χ4n) is 2.32. The molecule has 0 saturated carbocycles. The summed E-state index contributed by atoms with van der Waals surface area (Å²) in [5.41, 5.74) is 2.07. The molecule has 7 nitrogen and oxygen atoms in total. The van der Waals surface area contributed by atoms with Crippen molar-refractivity contribution in [3.05, 3.63) is 59.1 Å². The highest BCUT2D eigenvalue weighted by Crippen LogP contribution is 2.19. The second kappa shape index (κ2) is 8.09. The van der Waals surface area contributed by atoms with E-state index in [1.165, 1.54) is 30.2 Å². The van der Waals surface area contributed by atoms with E-state index in [2.05, 4.69) is 4.83 Å². The van der Waals surface area contributed by atoms with Gasteiger partial charge in [-0.1, -0.05) is 17.7 Å². The lowest BCUT2D eigenvalue weighted by Crippen LogP contribution is -2.25. The van der Waals surface area contributed by atoms with Crippen molar-refractivity contribution in [3.63, 3.8) is 0 Å². The highest BCUT2D eigenvalue weighted by atomic mass is 32.2. The van der Waals surface area contributed by atoms with Crippen LogP contribution in [0.4, 0.5) is 0 Å². The topological polar surface area (TPSA) is 86.6 Å². The number of benzene rings is 1. The van der Waals surface area contributed by atoms with Crippen LogP contribution in [-0.2, 0) is 19.5 Å². The molecule has 0 fully saturated rings. The third-order valence-corrected chi connectivity index (χ3v) is 5.00. The summed E-state index contributed by atoms with van der Waals surface area (Å²) < 4.78 is 36.6. The Labute approximate surface area is 153 Å². The van der Waals surface area contributed by atoms with E-state index in [4.69, 9.17) is 9.47 Å². The lowest BCUT2D eigenvalue weighted by molar-refractivity contribution is 0.0525. The maximum absolute atomic E-state index is 12.7. The normalized spacial score (nSPS) is 11.5. The summed E-state index contributed by atoms with van der Waals surface area (Å²) in [7, 11) is -2.37. The minimum atomic E-state index is -3.84. The maximum Gasteiger partial charge on any atom is 0.340 e. The third-order valence-electron chi connectivity index (χ3n) is 3.69. The van der Waals surface area contributed by atoms with Crippen molar-refractivity contribution in [2.24, 2.45) is 0 Å². The Balaban J connectivity index is 2.48. The predicted octanol–water partition coefficient (Wildman–Crippen LogP) is 2.83. The molecule has 26 heavy (non-hydrogen) atoms. The molecule has 0 radical (unpaired) electrons. The largest absolute Gasteiger partial charge is 0.504 e. The number of hydrogen-bond donors (Lipinski definition) is 1. The Hall–Kier alpha value is -2.74. The number of rotatable bonds is 7. The summed E-state index contributed by atoms with van der Waals surface area (Å²) >= 11 is 0. The van der Waals surface area contributed by atoms with Gasteiger partial charge in [-0.2, -0.15) is 8.42 Å². The number of carbonyl (C=O) groups is 1. The number of hydrogen-bond acceptors (Lipinski definition) is 5. The SMILES string of the molecule is CCOC(=O)c1cc(/C=C/OC)n(NS(=O)(=O)c2ccc(C)cc2)c1C. The number of nitrogens with zero attached hydrogens (tertiary/aromatic N) is 1. The van der Waals surface area contributed by atoms with Gasteiger partial charge in [0.15, 0.2) is 0 Å². The van der Waals surface area contributed by atoms with Gasteiger partial charge in [0.25, 0.3) is 10.0 Å². The zero-order valence-corrected chi connectivity index (χ0v) is 16.0. The van der Waals surface area contributed by atoms with Gasteiger partial charge >= 0.3 is 5.97 Å². The molecule has 0 aliphatic carbocycles. The first-order valence-corrected chi connectivity index (χ1v) is 9.46. The van der Waals surface area contributed by atoms with Crippen LogP contribution in [0, 0.1) is 13.8 Å². The molecule has 1 aromatic carbocycles. The summed E-state index contributed by atoms with van der Waals surface area (Å²) in [4.78, 5) is 14.7. The van der Waals surface area contributed by atoms with Crippen LogP contribution in [0.25, 0.3) is 6.08 Å². The zero-order chi connectivity index (χ0) is 19.3. The van der Waals surface area contributed by atoms with Crippen LogP contribution in [0.5, 0.6) is 0 Å². The Kier molecular flexibility index (Phi) is 6.10. The Morgan fingerprint density at radius 1 is 1.23 bits per heavy atom. The predicted molar refractivity (Wildman–Crippen MR) is 98.9 cm³/mol. The molecule has 0 bridgehead atoms. The van der Waals surface area contributed by atoms with Gasteiger partial charge in [-0.25, -0.2) is 9.63 Å². The van der Waals surface area contributed by atoms with Gasteiger partial charge in [-0.3, -0.25) is 4.68 Å². The number of aryl methyl sites for hydroxylation is 1. The molecule has 2 rings (SSSR count). The van der Waals surface area contributed by atoms with E-state index in [0.29, 0.717) is 11.4 Å². The summed E-state index contributed by atoms with van der Waals surface area (Å²) in [6.45, 7) is 5.44. The van der Waals surface area contributed by atoms with Gasteiger partial charge in [0.1, 0.15) is 0 Å². The number of carbonyl (C=O) groups excluding carboxylic acids is 1. The summed E-state index contributed by atoms with van der Waals surface area (Å²) in [6.07, 6.45) is 2.94. The van der Waals surface area contributed by atoms with Crippen LogP contribution < -0.4 is 4.83 Å². The molecular weight excluding hydrogens is 356 g/mol. The first kappa shape index (κ1) is 19.6. The molecule has 2 aromatic rings. The number of aromatic nitrogens is 1. The number of methoxy groups -OCH3 is 1. The molecule has 1 heterocycles. The van der Waals surface area contributed by atoms with Crippen LogP contribution in [-0.4, -0.2) is 32.8 Å². The molecular formula is C18H22N2O5S. The molecule has 0 atom stereocenters. The molecule has 0 unspecified atom stereocenters. The molecule has 1 aromatic heterocycles. The van der Waals surface area contributed by atoms with E-state index in [0.717, 1.165) is 5.56 Å². The van der Waals surface area contributed by atoms with E-state index in [9.17, 15) is 13.2 Å². The fourth-order valence-corrected chi connectivity index (χ4v) is 3.40. The van der Waals surface area contributed by atoms with E-state index >= 15 is 0 Å². The number of ether oxygens (including phenoxy) is 2. The zero-order valence-electron chi connectivity index (χ0n) is 15.1.